The summed E-state index contributed by atoms with van der Waals surface area (Å²) in [5.41, 5.74) is 7.24. The van der Waals surface area contributed by atoms with Crippen molar-refractivity contribution in [3.05, 3.63) is 42.0 Å². The fourth-order valence-electron chi connectivity index (χ4n) is 1.99. The number of nitrogens with two attached hydrogens (primary N) is 1. The number of carbonyl (C=O) groups is 1. The fraction of sp³-hybridized carbons (Fsp3) is 0.188. The summed E-state index contributed by atoms with van der Waals surface area (Å²) >= 11 is 0. The molecule has 0 spiro atoms. The average Bonchev–Trinajstić information content (AvgIpc) is 2.54. The van der Waals surface area contributed by atoms with Crippen LogP contribution in [0.1, 0.15) is 10.4 Å². The van der Waals surface area contributed by atoms with Crippen LogP contribution in [-0.4, -0.2) is 27.2 Å². The summed E-state index contributed by atoms with van der Waals surface area (Å²) in [5.74, 6) is 1.38. The van der Waals surface area contributed by atoms with Gasteiger partial charge in [-0.3, -0.25) is 4.79 Å². The van der Waals surface area contributed by atoms with E-state index in [0.29, 0.717) is 34.2 Å². The molecular weight excluding hydrogens is 284 g/mol. The van der Waals surface area contributed by atoms with Gasteiger partial charge in [-0.2, -0.15) is 0 Å². The Morgan fingerprint density at radius 2 is 1.55 bits per heavy atom. The van der Waals surface area contributed by atoms with Crippen molar-refractivity contribution in [1.29, 1.82) is 0 Å². The third-order valence-corrected chi connectivity index (χ3v) is 3.13. The van der Waals surface area contributed by atoms with E-state index in [-0.39, 0.29) is 5.91 Å². The summed E-state index contributed by atoms with van der Waals surface area (Å²) in [7, 11) is 4.61. The number of nitrogens with one attached hydrogen (secondary N) is 1. The van der Waals surface area contributed by atoms with Crippen molar-refractivity contribution >= 4 is 17.3 Å². The first kappa shape index (κ1) is 15.5. The number of benzene rings is 2. The molecule has 6 heteroatoms. The fourth-order valence-corrected chi connectivity index (χ4v) is 1.99. The van der Waals surface area contributed by atoms with Crippen molar-refractivity contribution in [2.24, 2.45) is 0 Å². The topological polar surface area (TPSA) is 82.8 Å². The molecule has 22 heavy (non-hydrogen) atoms. The van der Waals surface area contributed by atoms with E-state index in [2.05, 4.69) is 5.32 Å². The maximum Gasteiger partial charge on any atom is 0.255 e. The molecule has 2 aromatic rings. The first-order valence-corrected chi connectivity index (χ1v) is 6.56. The lowest BCUT2D eigenvalue weighted by Crippen LogP contribution is -2.12. The third-order valence-electron chi connectivity index (χ3n) is 3.13. The van der Waals surface area contributed by atoms with E-state index in [1.807, 2.05) is 0 Å². The van der Waals surface area contributed by atoms with Crippen molar-refractivity contribution < 1.29 is 19.0 Å². The minimum Gasteiger partial charge on any atom is -0.495 e. The normalized spacial score (nSPS) is 9.95. The highest BCUT2D eigenvalue weighted by Gasteiger charge is 2.11. The second-order valence-electron chi connectivity index (χ2n) is 4.48. The lowest BCUT2D eigenvalue weighted by molar-refractivity contribution is 0.102. The molecule has 116 valence electrons. The summed E-state index contributed by atoms with van der Waals surface area (Å²) in [4.78, 5) is 12.2. The van der Waals surface area contributed by atoms with E-state index in [1.54, 1.807) is 43.5 Å². The maximum absolute atomic E-state index is 12.2. The van der Waals surface area contributed by atoms with E-state index in [1.165, 1.54) is 14.2 Å². The molecule has 0 heterocycles. The zero-order valence-corrected chi connectivity index (χ0v) is 12.7. The molecule has 1 amide bonds. The number of amides is 1. The maximum atomic E-state index is 12.2. The van der Waals surface area contributed by atoms with Crippen molar-refractivity contribution in [3.8, 4) is 17.2 Å². The molecule has 0 radical (unpaired) electrons. The van der Waals surface area contributed by atoms with E-state index < -0.39 is 0 Å². The van der Waals surface area contributed by atoms with Crippen LogP contribution in [0.5, 0.6) is 17.2 Å². The average molecular weight is 302 g/mol. The van der Waals surface area contributed by atoms with Crippen LogP contribution in [0.2, 0.25) is 0 Å². The Morgan fingerprint density at radius 1 is 0.909 bits per heavy atom. The molecule has 0 saturated heterocycles. The van der Waals surface area contributed by atoms with Crippen LogP contribution in [0.15, 0.2) is 36.4 Å². The predicted molar refractivity (Wildman–Crippen MR) is 84.9 cm³/mol. The molecule has 0 unspecified atom stereocenters. The molecule has 0 aromatic heterocycles. The smallest absolute Gasteiger partial charge is 0.255 e. The summed E-state index contributed by atoms with van der Waals surface area (Å²) in [6.07, 6.45) is 0. The largest absolute Gasteiger partial charge is 0.495 e. The molecule has 2 rings (SSSR count). The summed E-state index contributed by atoms with van der Waals surface area (Å²) in [5, 5.41) is 2.78. The molecule has 6 nitrogen and oxygen atoms in total. The minimum atomic E-state index is -0.276. The van der Waals surface area contributed by atoms with Crippen molar-refractivity contribution in [2.75, 3.05) is 32.4 Å². The van der Waals surface area contributed by atoms with Crippen LogP contribution >= 0.6 is 0 Å². The summed E-state index contributed by atoms with van der Waals surface area (Å²) < 4.78 is 15.4. The molecular formula is C16H18N2O4. The predicted octanol–water partition coefficient (Wildman–Crippen LogP) is 2.55. The van der Waals surface area contributed by atoms with Crippen LogP contribution in [0.4, 0.5) is 11.4 Å². The Hall–Kier alpha value is -2.89. The highest BCUT2D eigenvalue weighted by Crippen LogP contribution is 2.30. The van der Waals surface area contributed by atoms with Gasteiger partial charge in [0.25, 0.3) is 5.91 Å². The van der Waals surface area contributed by atoms with E-state index >= 15 is 0 Å². The zero-order valence-electron chi connectivity index (χ0n) is 12.7. The van der Waals surface area contributed by atoms with Gasteiger partial charge in [0.2, 0.25) is 0 Å². The number of nitrogen functional groups attached to an aromatic ring is 1. The molecule has 0 atom stereocenters. The summed E-state index contributed by atoms with van der Waals surface area (Å²) in [6, 6.07) is 9.99. The zero-order chi connectivity index (χ0) is 16.1. The van der Waals surface area contributed by atoms with Crippen LogP contribution < -0.4 is 25.3 Å². The van der Waals surface area contributed by atoms with Gasteiger partial charge in [0.15, 0.2) is 11.5 Å². The Balaban J connectivity index is 2.20. The van der Waals surface area contributed by atoms with Crippen molar-refractivity contribution in [1.82, 2.24) is 0 Å². The molecule has 0 saturated carbocycles. The minimum absolute atomic E-state index is 0.276. The molecule has 2 aromatic carbocycles. The standard InChI is InChI=1S/C16H18N2O4/c1-20-13-6-4-10(8-12(13)17)16(19)18-11-5-7-14(21-2)15(9-11)22-3/h4-9H,17H2,1-3H3,(H,18,19). The van der Waals surface area contributed by atoms with E-state index in [4.69, 9.17) is 19.9 Å². The van der Waals surface area contributed by atoms with Gasteiger partial charge < -0.3 is 25.3 Å². The van der Waals surface area contributed by atoms with Gasteiger partial charge in [-0.05, 0) is 30.3 Å². The number of hydrogen-bond acceptors (Lipinski definition) is 5. The van der Waals surface area contributed by atoms with Gasteiger partial charge in [0, 0.05) is 17.3 Å². The third kappa shape index (κ3) is 3.22. The number of carbonyl (C=O) groups excluding carboxylic acids is 1. The second-order valence-corrected chi connectivity index (χ2v) is 4.48. The Morgan fingerprint density at radius 3 is 2.14 bits per heavy atom. The van der Waals surface area contributed by atoms with Gasteiger partial charge in [-0.15, -0.1) is 0 Å². The second kappa shape index (κ2) is 6.71. The number of rotatable bonds is 5. The van der Waals surface area contributed by atoms with Crippen molar-refractivity contribution in [2.45, 2.75) is 0 Å². The number of anilines is 2. The van der Waals surface area contributed by atoms with Crippen molar-refractivity contribution in [3.63, 3.8) is 0 Å². The number of methoxy groups -OCH3 is 3. The molecule has 0 aliphatic carbocycles. The lowest BCUT2D eigenvalue weighted by atomic mass is 10.1. The first-order chi connectivity index (χ1) is 10.6. The van der Waals surface area contributed by atoms with E-state index in [0.717, 1.165) is 0 Å². The van der Waals surface area contributed by atoms with Gasteiger partial charge in [-0.25, -0.2) is 0 Å². The molecule has 0 aliphatic rings. The number of ether oxygens (including phenoxy) is 3. The lowest BCUT2D eigenvalue weighted by Gasteiger charge is -2.11. The Labute approximate surface area is 128 Å². The molecule has 0 bridgehead atoms. The highest BCUT2D eigenvalue weighted by atomic mass is 16.5. The molecule has 0 fully saturated rings. The van der Waals surface area contributed by atoms with Gasteiger partial charge >= 0.3 is 0 Å². The SMILES string of the molecule is COc1ccc(C(=O)Nc2ccc(OC)c(OC)c2)cc1N. The number of hydrogen-bond donors (Lipinski definition) is 2. The van der Waals surface area contributed by atoms with Crippen LogP contribution in [0.3, 0.4) is 0 Å². The molecule has 0 aliphatic heterocycles. The van der Waals surface area contributed by atoms with E-state index in [9.17, 15) is 4.79 Å². The Kier molecular flexibility index (Phi) is 4.73. The van der Waals surface area contributed by atoms with Crippen LogP contribution in [-0.2, 0) is 0 Å². The quantitative estimate of drug-likeness (QED) is 0.829. The van der Waals surface area contributed by atoms with Gasteiger partial charge in [-0.1, -0.05) is 0 Å². The van der Waals surface area contributed by atoms with Gasteiger partial charge in [0.1, 0.15) is 5.75 Å². The Bertz CT molecular complexity index is 686. The van der Waals surface area contributed by atoms with Crippen LogP contribution in [0, 0.1) is 0 Å². The molecule has 3 N–H and O–H groups in total. The monoisotopic (exact) mass is 302 g/mol. The van der Waals surface area contributed by atoms with Gasteiger partial charge in [0.05, 0.1) is 27.0 Å². The summed E-state index contributed by atoms with van der Waals surface area (Å²) in [6.45, 7) is 0. The highest BCUT2D eigenvalue weighted by molar-refractivity contribution is 6.05. The van der Waals surface area contributed by atoms with Crippen LogP contribution in [0.25, 0.3) is 0 Å². The first-order valence-electron chi connectivity index (χ1n) is 6.56.